The lowest BCUT2D eigenvalue weighted by Crippen LogP contribution is -2.43. The van der Waals surface area contributed by atoms with Crippen molar-refractivity contribution in [2.24, 2.45) is 11.7 Å². The molecule has 1 saturated heterocycles. The fourth-order valence-electron chi connectivity index (χ4n) is 3.55. The Morgan fingerprint density at radius 1 is 1.15 bits per heavy atom. The average Bonchev–Trinajstić information content (AvgIpc) is 2.95. The lowest BCUT2D eigenvalue weighted by atomic mass is 9.86. The Kier molecular flexibility index (Phi) is 4.55. The second-order valence-electron chi connectivity index (χ2n) is 6.47. The number of hydrogen-bond acceptors (Lipinski definition) is 4. The monoisotopic (exact) mass is 277 g/mol. The molecule has 5 heteroatoms. The number of hydrogen-bond donors (Lipinski definition) is 2. The highest BCUT2D eigenvalue weighted by Gasteiger charge is 2.20. The Labute approximate surface area is 121 Å². The van der Waals surface area contributed by atoms with Crippen molar-refractivity contribution in [2.45, 2.75) is 63.8 Å². The molecule has 3 N–H and O–H groups in total. The quantitative estimate of drug-likeness (QED) is 0.885. The summed E-state index contributed by atoms with van der Waals surface area (Å²) in [6.45, 7) is 1.92. The second-order valence-corrected chi connectivity index (χ2v) is 6.47. The molecule has 0 spiro atoms. The smallest absolute Gasteiger partial charge is 0.244 e. The summed E-state index contributed by atoms with van der Waals surface area (Å²) < 4.78 is 0. The Bertz CT molecular complexity index is 410. The highest BCUT2D eigenvalue weighted by molar-refractivity contribution is 5.29. The zero-order valence-corrected chi connectivity index (χ0v) is 12.4. The van der Waals surface area contributed by atoms with Gasteiger partial charge in [0, 0.05) is 25.6 Å². The van der Waals surface area contributed by atoms with Gasteiger partial charge in [0.1, 0.15) is 5.82 Å². The van der Waals surface area contributed by atoms with Crippen molar-refractivity contribution >= 4 is 5.95 Å². The van der Waals surface area contributed by atoms with Crippen molar-refractivity contribution in [1.82, 2.24) is 15.2 Å². The van der Waals surface area contributed by atoms with Crippen LogP contribution in [-0.2, 0) is 6.42 Å². The third-order valence-electron chi connectivity index (χ3n) is 4.77. The van der Waals surface area contributed by atoms with Gasteiger partial charge in [-0.2, -0.15) is 4.98 Å². The van der Waals surface area contributed by atoms with Gasteiger partial charge in [0.25, 0.3) is 0 Å². The zero-order chi connectivity index (χ0) is 13.8. The van der Waals surface area contributed by atoms with E-state index in [1.165, 1.54) is 38.5 Å². The molecule has 1 saturated carbocycles. The molecule has 0 amide bonds. The summed E-state index contributed by atoms with van der Waals surface area (Å²) in [6.07, 6.45) is 11.6. The van der Waals surface area contributed by atoms with Crippen LogP contribution in [0.25, 0.3) is 0 Å². The van der Waals surface area contributed by atoms with Crippen LogP contribution in [0.4, 0.5) is 5.95 Å². The summed E-state index contributed by atoms with van der Waals surface area (Å²) in [4.78, 5) is 6.87. The minimum absolute atomic E-state index is 0.271. The van der Waals surface area contributed by atoms with E-state index in [2.05, 4.69) is 20.1 Å². The van der Waals surface area contributed by atoms with Crippen LogP contribution in [0.2, 0.25) is 0 Å². The summed E-state index contributed by atoms with van der Waals surface area (Å²) in [5, 5.41) is 7.49. The maximum Gasteiger partial charge on any atom is 0.244 e. The van der Waals surface area contributed by atoms with Gasteiger partial charge in [0.05, 0.1) is 0 Å². The van der Waals surface area contributed by atoms with E-state index in [0.717, 1.165) is 50.0 Å². The Hall–Kier alpha value is -1.10. The summed E-state index contributed by atoms with van der Waals surface area (Å²) in [7, 11) is 0. The van der Waals surface area contributed by atoms with E-state index in [0.29, 0.717) is 0 Å². The van der Waals surface area contributed by atoms with Gasteiger partial charge in [0.15, 0.2) is 0 Å². The molecule has 2 heterocycles. The van der Waals surface area contributed by atoms with Gasteiger partial charge >= 0.3 is 0 Å². The molecular weight excluding hydrogens is 250 g/mol. The number of nitrogens with one attached hydrogen (secondary N) is 1. The number of aryl methyl sites for hydroxylation is 1. The molecule has 1 aromatic rings. The van der Waals surface area contributed by atoms with E-state index in [9.17, 15) is 0 Å². The standard InChI is InChI=1S/C15H27N5/c16-13-7-4-10-20(11-13)15-17-14(18-19-15)9-8-12-5-2-1-3-6-12/h12-13H,1-11,16H2,(H,17,18,19). The lowest BCUT2D eigenvalue weighted by Gasteiger charge is -2.29. The summed E-state index contributed by atoms with van der Waals surface area (Å²) in [5.74, 6) is 2.80. The first-order valence-corrected chi connectivity index (χ1v) is 8.23. The van der Waals surface area contributed by atoms with E-state index >= 15 is 0 Å². The molecule has 3 rings (SSSR count). The van der Waals surface area contributed by atoms with Crippen LogP contribution in [-0.4, -0.2) is 34.3 Å². The van der Waals surface area contributed by atoms with E-state index < -0.39 is 0 Å². The molecule has 0 bridgehead atoms. The van der Waals surface area contributed by atoms with Crippen molar-refractivity contribution in [1.29, 1.82) is 0 Å². The number of aromatic amines is 1. The minimum Gasteiger partial charge on any atom is -0.338 e. The van der Waals surface area contributed by atoms with Gasteiger partial charge in [-0.3, -0.25) is 5.10 Å². The maximum atomic E-state index is 6.02. The van der Waals surface area contributed by atoms with Crippen LogP contribution in [0, 0.1) is 5.92 Å². The summed E-state index contributed by atoms with van der Waals surface area (Å²) >= 11 is 0. The van der Waals surface area contributed by atoms with Crippen molar-refractivity contribution in [2.75, 3.05) is 18.0 Å². The van der Waals surface area contributed by atoms with Gasteiger partial charge in [-0.05, 0) is 25.2 Å². The molecule has 2 fully saturated rings. The first-order valence-electron chi connectivity index (χ1n) is 8.23. The molecule has 1 atom stereocenters. The average molecular weight is 277 g/mol. The molecule has 0 radical (unpaired) electrons. The number of nitrogens with zero attached hydrogens (tertiary/aromatic N) is 3. The predicted molar refractivity (Wildman–Crippen MR) is 80.7 cm³/mol. The van der Waals surface area contributed by atoms with Crippen molar-refractivity contribution in [3.8, 4) is 0 Å². The van der Waals surface area contributed by atoms with Gasteiger partial charge in [-0.25, -0.2) is 0 Å². The molecule has 112 valence electrons. The molecule has 0 aromatic carbocycles. The van der Waals surface area contributed by atoms with Gasteiger partial charge < -0.3 is 10.6 Å². The van der Waals surface area contributed by atoms with Crippen molar-refractivity contribution in [3.05, 3.63) is 5.82 Å². The minimum atomic E-state index is 0.271. The van der Waals surface area contributed by atoms with Crippen LogP contribution in [0.5, 0.6) is 0 Å². The van der Waals surface area contributed by atoms with E-state index in [1.807, 2.05) is 0 Å². The Morgan fingerprint density at radius 3 is 2.80 bits per heavy atom. The third-order valence-corrected chi connectivity index (χ3v) is 4.77. The fourth-order valence-corrected chi connectivity index (χ4v) is 3.55. The van der Waals surface area contributed by atoms with E-state index in [4.69, 9.17) is 5.73 Å². The first kappa shape index (κ1) is 13.9. The second kappa shape index (κ2) is 6.57. The van der Waals surface area contributed by atoms with Gasteiger partial charge in [0.2, 0.25) is 5.95 Å². The molecule has 1 unspecified atom stereocenters. The molecule has 2 aliphatic rings. The van der Waals surface area contributed by atoms with E-state index in [1.54, 1.807) is 0 Å². The Morgan fingerprint density at radius 2 is 2.00 bits per heavy atom. The van der Waals surface area contributed by atoms with Gasteiger partial charge in [-0.15, -0.1) is 5.10 Å². The van der Waals surface area contributed by atoms with E-state index in [-0.39, 0.29) is 6.04 Å². The number of H-pyrrole nitrogens is 1. The molecular formula is C15H27N5. The summed E-state index contributed by atoms with van der Waals surface area (Å²) in [6, 6.07) is 0.271. The van der Waals surface area contributed by atoms with Crippen molar-refractivity contribution < 1.29 is 0 Å². The maximum absolute atomic E-state index is 6.02. The molecule has 20 heavy (non-hydrogen) atoms. The number of aromatic nitrogens is 3. The molecule has 1 aliphatic carbocycles. The number of anilines is 1. The molecule has 1 aromatic heterocycles. The number of piperidine rings is 1. The van der Waals surface area contributed by atoms with Crippen LogP contribution in [0.3, 0.4) is 0 Å². The number of rotatable bonds is 4. The largest absolute Gasteiger partial charge is 0.338 e. The fraction of sp³-hybridized carbons (Fsp3) is 0.867. The molecule has 5 nitrogen and oxygen atoms in total. The Balaban J connectivity index is 1.51. The zero-order valence-electron chi connectivity index (χ0n) is 12.4. The van der Waals surface area contributed by atoms with Gasteiger partial charge in [-0.1, -0.05) is 32.1 Å². The summed E-state index contributed by atoms with van der Waals surface area (Å²) in [5.41, 5.74) is 6.02. The van der Waals surface area contributed by atoms with Crippen LogP contribution >= 0.6 is 0 Å². The van der Waals surface area contributed by atoms with Crippen LogP contribution in [0.1, 0.15) is 57.2 Å². The molecule has 1 aliphatic heterocycles. The highest BCUT2D eigenvalue weighted by Crippen LogP contribution is 2.27. The normalized spacial score (nSPS) is 25.1. The van der Waals surface area contributed by atoms with Crippen LogP contribution in [0.15, 0.2) is 0 Å². The predicted octanol–water partition coefficient (Wildman–Crippen LogP) is 2.25. The first-order chi connectivity index (χ1) is 9.81. The lowest BCUT2D eigenvalue weighted by molar-refractivity contribution is 0.337. The number of nitrogens with two attached hydrogens (primary N) is 1. The third kappa shape index (κ3) is 3.51. The van der Waals surface area contributed by atoms with Crippen LogP contribution < -0.4 is 10.6 Å². The highest BCUT2D eigenvalue weighted by atomic mass is 15.4. The SMILES string of the molecule is NC1CCCN(c2n[nH]c(CCC3CCCCC3)n2)C1. The topological polar surface area (TPSA) is 70.8 Å². The van der Waals surface area contributed by atoms with Crippen molar-refractivity contribution in [3.63, 3.8) is 0 Å².